The van der Waals surface area contributed by atoms with Crippen LogP contribution in [0.25, 0.3) is 0 Å². The summed E-state index contributed by atoms with van der Waals surface area (Å²) in [4.78, 5) is 6.11. The molecule has 0 fully saturated rings. The fourth-order valence-electron chi connectivity index (χ4n) is 1.06. The Balaban J connectivity index is 2.54. The maximum Gasteiger partial charge on any atom is 0.137 e. The molecule has 0 amide bonds. The molecule has 0 unspecified atom stereocenters. The number of rotatable bonds is 4. The molecular formula is C11H14N3. The number of hydrogen-bond donors (Lipinski definition) is 1. The molecule has 1 aromatic heterocycles. The van der Waals surface area contributed by atoms with E-state index in [2.05, 4.69) is 21.1 Å². The van der Waals surface area contributed by atoms with Gasteiger partial charge in [-0.3, -0.25) is 0 Å². The minimum absolute atomic E-state index is 0.561. The fraction of sp³-hybridized carbons (Fsp3) is 0.364. The predicted octanol–water partition coefficient (Wildman–Crippen LogP) is 0.993. The number of nitrogens with zero attached hydrogens (tertiary/aromatic N) is 2. The Bertz CT molecular complexity index is 326. The van der Waals surface area contributed by atoms with E-state index in [4.69, 9.17) is 6.42 Å². The molecule has 0 bridgehead atoms. The first-order valence-electron chi connectivity index (χ1n) is 4.50. The number of anilines is 1. The van der Waals surface area contributed by atoms with Gasteiger partial charge in [0.1, 0.15) is 5.69 Å². The number of nitrogens with one attached hydrogen (secondary N) is 1. The predicted molar refractivity (Wildman–Crippen MR) is 57.5 cm³/mol. The summed E-state index contributed by atoms with van der Waals surface area (Å²) < 4.78 is 0. The van der Waals surface area contributed by atoms with Crippen molar-refractivity contribution >= 4 is 5.69 Å². The average Bonchev–Trinajstić information content (AvgIpc) is 2.18. The highest BCUT2D eigenvalue weighted by Crippen LogP contribution is 2.09. The maximum absolute atomic E-state index is 7.04. The Hall–Kier alpha value is -1.53. The van der Waals surface area contributed by atoms with E-state index in [1.54, 1.807) is 6.20 Å². The fourth-order valence-corrected chi connectivity index (χ4v) is 1.06. The minimum atomic E-state index is 0.561. The van der Waals surface area contributed by atoms with Gasteiger partial charge in [0.05, 0.1) is 5.69 Å². The summed E-state index contributed by atoms with van der Waals surface area (Å²) in [6.45, 7) is 1.79. The van der Waals surface area contributed by atoms with Crippen molar-refractivity contribution in [2.45, 2.75) is 0 Å². The van der Waals surface area contributed by atoms with Crippen LogP contribution in [0.1, 0.15) is 5.69 Å². The second-order valence-corrected chi connectivity index (χ2v) is 3.25. The molecule has 0 aliphatic carbocycles. The monoisotopic (exact) mass is 188 g/mol. The topological polar surface area (TPSA) is 28.2 Å². The van der Waals surface area contributed by atoms with Gasteiger partial charge in [-0.15, -0.1) is 0 Å². The summed E-state index contributed by atoms with van der Waals surface area (Å²) in [7, 11) is 4.04. The molecule has 0 saturated heterocycles. The highest BCUT2D eigenvalue weighted by Gasteiger charge is 1.98. The van der Waals surface area contributed by atoms with E-state index in [1.165, 1.54) is 0 Å². The van der Waals surface area contributed by atoms with Gasteiger partial charge >= 0.3 is 0 Å². The van der Waals surface area contributed by atoms with Gasteiger partial charge in [0, 0.05) is 19.3 Å². The first-order chi connectivity index (χ1) is 6.74. The zero-order chi connectivity index (χ0) is 10.4. The Kier molecular flexibility index (Phi) is 3.96. The molecule has 3 heteroatoms. The lowest BCUT2D eigenvalue weighted by atomic mass is 10.3. The van der Waals surface area contributed by atoms with Crippen molar-refractivity contribution in [3.8, 4) is 5.92 Å². The average molecular weight is 188 g/mol. The van der Waals surface area contributed by atoms with Crippen LogP contribution in [0, 0.1) is 12.3 Å². The van der Waals surface area contributed by atoms with E-state index < -0.39 is 0 Å². The van der Waals surface area contributed by atoms with E-state index >= 15 is 0 Å². The first-order valence-corrected chi connectivity index (χ1v) is 4.50. The van der Waals surface area contributed by atoms with Gasteiger partial charge in [0.15, 0.2) is 0 Å². The standard InChI is InChI=1S/C11H14N3/c1-4-10-11(6-5-7-12-10)13-8-9-14(2)3/h5-7,13H,8-9H2,2-3H3. The molecule has 3 nitrogen and oxygen atoms in total. The Morgan fingerprint density at radius 1 is 1.57 bits per heavy atom. The Morgan fingerprint density at radius 3 is 3.00 bits per heavy atom. The third-order valence-corrected chi connectivity index (χ3v) is 1.80. The van der Waals surface area contributed by atoms with Crippen molar-refractivity contribution in [2.75, 3.05) is 32.5 Å². The molecular weight excluding hydrogens is 174 g/mol. The molecule has 1 aromatic rings. The smallest absolute Gasteiger partial charge is 0.137 e. The van der Waals surface area contributed by atoms with Gasteiger partial charge in [-0.25, -0.2) is 4.98 Å². The van der Waals surface area contributed by atoms with Crippen molar-refractivity contribution in [1.29, 1.82) is 0 Å². The van der Waals surface area contributed by atoms with Crippen LogP contribution >= 0.6 is 0 Å². The summed E-state index contributed by atoms with van der Waals surface area (Å²) >= 11 is 0. The molecule has 0 atom stereocenters. The minimum Gasteiger partial charge on any atom is -0.381 e. The van der Waals surface area contributed by atoms with Crippen LogP contribution < -0.4 is 5.32 Å². The lowest BCUT2D eigenvalue weighted by Crippen LogP contribution is -2.21. The van der Waals surface area contributed by atoms with Gasteiger partial charge in [-0.05, 0) is 38.6 Å². The molecule has 0 spiro atoms. The largest absolute Gasteiger partial charge is 0.381 e. The third-order valence-electron chi connectivity index (χ3n) is 1.80. The summed E-state index contributed by atoms with van der Waals surface area (Å²) in [5.74, 6) is 2.30. The lowest BCUT2D eigenvalue weighted by molar-refractivity contribution is 0.425. The number of aromatic nitrogens is 1. The van der Waals surface area contributed by atoms with E-state index in [9.17, 15) is 0 Å². The molecule has 0 aliphatic heterocycles. The second-order valence-electron chi connectivity index (χ2n) is 3.25. The number of pyridine rings is 1. The van der Waals surface area contributed by atoms with Crippen molar-refractivity contribution < 1.29 is 0 Å². The van der Waals surface area contributed by atoms with E-state index in [-0.39, 0.29) is 0 Å². The molecule has 1 radical (unpaired) electrons. The SMILES string of the molecule is [C]#Cc1ncccc1NCCN(C)C. The molecule has 1 rings (SSSR count). The third kappa shape index (κ3) is 3.08. The molecule has 0 aromatic carbocycles. The number of hydrogen-bond acceptors (Lipinski definition) is 3. The van der Waals surface area contributed by atoms with E-state index in [0.29, 0.717) is 5.69 Å². The van der Waals surface area contributed by atoms with Crippen LogP contribution in [0.15, 0.2) is 18.3 Å². The summed E-state index contributed by atoms with van der Waals surface area (Å²) in [5, 5.41) is 3.21. The molecule has 14 heavy (non-hydrogen) atoms. The highest BCUT2D eigenvalue weighted by atomic mass is 15.1. The van der Waals surface area contributed by atoms with Gasteiger partial charge < -0.3 is 10.2 Å². The van der Waals surface area contributed by atoms with Gasteiger partial charge in [-0.2, -0.15) is 0 Å². The van der Waals surface area contributed by atoms with Crippen LogP contribution in [0.4, 0.5) is 5.69 Å². The molecule has 1 heterocycles. The first kappa shape index (κ1) is 10.6. The Morgan fingerprint density at radius 2 is 2.36 bits per heavy atom. The van der Waals surface area contributed by atoms with Crippen LogP contribution in [0.3, 0.4) is 0 Å². The normalized spacial score (nSPS) is 9.86. The van der Waals surface area contributed by atoms with Crippen molar-refractivity contribution in [3.05, 3.63) is 30.4 Å². The van der Waals surface area contributed by atoms with Crippen molar-refractivity contribution in [1.82, 2.24) is 9.88 Å². The van der Waals surface area contributed by atoms with Crippen molar-refractivity contribution in [2.24, 2.45) is 0 Å². The zero-order valence-corrected chi connectivity index (χ0v) is 8.54. The second kappa shape index (κ2) is 5.25. The summed E-state index contributed by atoms with van der Waals surface area (Å²) in [5.41, 5.74) is 1.43. The maximum atomic E-state index is 7.04. The van der Waals surface area contributed by atoms with Gasteiger partial charge in [0.25, 0.3) is 0 Å². The number of likely N-dealkylation sites (N-methyl/N-ethyl adjacent to an activating group) is 1. The molecule has 0 aliphatic rings. The summed E-state index contributed by atoms with van der Waals surface area (Å²) in [6, 6.07) is 3.75. The summed E-state index contributed by atoms with van der Waals surface area (Å²) in [6.07, 6.45) is 8.70. The van der Waals surface area contributed by atoms with Gasteiger partial charge in [-0.1, -0.05) is 0 Å². The van der Waals surface area contributed by atoms with Crippen LogP contribution in [0.2, 0.25) is 0 Å². The lowest BCUT2D eigenvalue weighted by Gasteiger charge is -2.11. The van der Waals surface area contributed by atoms with Crippen LogP contribution in [-0.2, 0) is 0 Å². The molecule has 0 saturated carbocycles. The van der Waals surface area contributed by atoms with Crippen LogP contribution in [-0.4, -0.2) is 37.1 Å². The van der Waals surface area contributed by atoms with E-state index in [0.717, 1.165) is 18.8 Å². The highest BCUT2D eigenvalue weighted by molar-refractivity contribution is 5.53. The van der Waals surface area contributed by atoms with Crippen molar-refractivity contribution in [3.63, 3.8) is 0 Å². The quantitative estimate of drug-likeness (QED) is 0.714. The van der Waals surface area contributed by atoms with Crippen LogP contribution in [0.5, 0.6) is 0 Å². The molecule has 1 N–H and O–H groups in total. The van der Waals surface area contributed by atoms with E-state index in [1.807, 2.05) is 26.2 Å². The molecule has 73 valence electrons. The zero-order valence-electron chi connectivity index (χ0n) is 8.54. The Labute approximate surface area is 85.1 Å². The van der Waals surface area contributed by atoms with Gasteiger partial charge in [0.2, 0.25) is 0 Å².